The van der Waals surface area contributed by atoms with Crippen LogP contribution in [0, 0.1) is 35.6 Å². The summed E-state index contributed by atoms with van der Waals surface area (Å²) in [5.41, 5.74) is -0.549. The Labute approximate surface area is 112 Å². The molecule has 0 aliphatic heterocycles. The number of ether oxygens (including phenoxy) is 1. The number of terminal acetylenes is 1. The minimum atomic E-state index is -1.59. The van der Waals surface area contributed by atoms with Gasteiger partial charge in [-0.05, 0) is 17.7 Å². The van der Waals surface area contributed by atoms with Gasteiger partial charge in [0.1, 0.15) is 0 Å². The number of rotatable bonds is 2. The monoisotopic (exact) mass is 280 g/mol. The van der Waals surface area contributed by atoms with Crippen molar-refractivity contribution in [3.63, 3.8) is 0 Å². The highest BCUT2D eigenvalue weighted by Crippen LogP contribution is 2.35. The molecule has 0 N–H and O–H groups in total. The maximum Gasteiger partial charge on any atom is 0.204 e. The van der Waals surface area contributed by atoms with Crippen molar-refractivity contribution in [2.24, 2.45) is 0 Å². The van der Waals surface area contributed by atoms with Gasteiger partial charge in [0.15, 0.2) is 17.4 Å². The summed E-state index contributed by atoms with van der Waals surface area (Å²) < 4.78 is 59.4. The molecule has 0 aliphatic carbocycles. The van der Waals surface area contributed by atoms with Gasteiger partial charge in [-0.3, -0.25) is 0 Å². The molecule has 0 saturated carbocycles. The normalized spacial score (nSPS) is 10.2. The van der Waals surface area contributed by atoms with Gasteiger partial charge in [-0.15, -0.1) is 6.42 Å². The summed E-state index contributed by atoms with van der Waals surface area (Å²) in [5, 5.41) is 0. The van der Waals surface area contributed by atoms with Crippen LogP contribution in [0.5, 0.6) is 5.75 Å². The van der Waals surface area contributed by atoms with E-state index in [1.165, 1.54) is 24.3 Å². The second-order valence-electron chi connectivity index (χ2n) is 3.89. The Morgan fingerprint density at radius 3 is 2.10 bits per heavy atom. The summed E-state index contributed by atoms with van der Waals surface area (Å²) in [7, 11) is 0.916. The van der Waals surface area contributed by atoms with Crippen molar-refractivity contribution in [2.45, 2.75) is 0 Å². The van der Waals surface area contributed by atoms with Crippen molar-refractivity contribution in [1.82, 2.24) is 0 Å². The molecule has 0 saturated heterocycles. The zero-order chi connectivity index (χ0) is 14.9. The quantitative estimate of drug-likeness (QED) is 0.460. The van der Waals surface area contributed by atoms with Gasteiger partial charge in [-0.25, -0.2) is 8.78 Å². The third-order valence-corrected chi connectivity index (χ3v) is 2.75. The lowest BCUT2D eigenvalue weighted by Gasteiger charge is -2.11. The number of methoxy groups -OCH3 is 1. The molecule has 20 heavy (non-hydrogen) atoms. The van der Waals surface area contributed by atoms with Crippen LogP contribution in [-0.4, -0.2) is 7.11 Å². The van der Waals surface area contributed by atoms with Crippen LogP contribution in [0.2, 0.25) is 0 Å². The first-order valence-electron chi connectivity index (χ1n) is 5.48. The molecule has 0 bridgehead atoms. The predicted octanol–water partition coefficient (Wildman–Crippen LogP) is 3.90. The van der Waals surface area contributed by atoms with E-state index in [-0.39, 0.29) is 5.56 Å². The van der Waals surface area contributed by atoms with Crippen LogP contribution in [0.1, 0.15) is 5.56 Å². The molecule has 5 heteroatoms. The second-order valence-corrected chi connectivity index (χ2v) is 3.89. The molecule has 2 aromatic rings. The lowest BCUT2D eigenvalue weighted by atomic mass is 10.0. The molecular formula is C15H8F4O. The lowest BCUT2D eigenvalue weighted by Crippen LogP contribution is -2.03. The predicted molar refractivity (Wildman–Crippen MR) is 66.2 cm³/mol. The molecule has 0 aliphatic rings. The molecule has 0 fully saturated rings. The average molecular weight is 280 g/mol. The summed E-state index contributed by atoms with van der Waals surface area (Å²) in [4.78, 5) is 0. The molecule has 0 atom stereocenters. The standard InChI is InChI=1S/C15H8F4O/c1-3-8-5-4-6-9(7-8)10-11(16)13(18)15(20-2)14(19)12(10)17/h1,4-7H,2H3. The number of hydrogen-bond donors (Lipinski definition) is 0. The van der Waals surface area contributed by atoms with Gasteiger partial charge < -0.3 is 4.74 Å². The van der Waals surface area contributed by atoms with Crippen molar-refractivity contribution in [1.29, 1.82) is 0 Å². The molecule has 0 heterocycles. The van der Waals surface area contributed by atoms with Crippen LogP contribution in [-0.2, 0) is 0 Å². The van der Waals surface area contributed by atoms with Crippen molar-refractivity contribution < 1.29 is 22.3 Å². The van der Waals surface area contributed by atoms with E-state index in [1.807, 2.05) is 0 Å². The van der Waals surface area contributed by atoms with E-state index in [1.54, 1.807) is 0 Å². The van der Waals surface area contributed by atoms with Gasteiger partial charge in [-0.2, -0.15) is 8.78 Å². The van der Waals surface area contributed by atoms with Crippen LogP contribution in [0.3, 0.4) is 0 Å². The van der Waals surface area contributed by atoms with E-state index in [0.717, 1.165) is 7.11 Å². The van der Waals surface area contributed by atoms with E-state index in [4.69, 9.17) is 6.42 Å². The van der Waals surface area contributed by atoms with Gasteiger partial charge >= 0.3 is 0 Å². The van der Waals surface area contributed by atoms with Crippen molar-refractivity contribution in [3.05, 3.63) is 53.1 Å². The van der Waals surface area contributed by atoms with Gasteiger partial charge in [0.25, 0.3) is 0 Å². The summed E-state index contributed by atoms with van der Waals surface area (Å²) in [6.07, 6.45) is 5.17. The highest BCUT2D eigenvalue weighted by Gasteiger charge is 2.27. The van der Waals surface area contributed by atoms with E-state index >= 15 is 0 Å². The van der Waals surface area contributed by atoms with Crippen molar-refractivity contribution in [3.8, 4) is 29.2 Å². The van der Waals surface area contributed by atoms with Crippen molar-refractivity contribution >= 4 is 0 Å². The molecular weight excluding hydrogens is 272 g/mol. The van der Waals surface area contributed by atoms with Gasteiger partial charge in [0.05, 0.1) is 12.7 Å². The highest BCUT2D eigenvalue weighted by molar-refractivity contribution is 5.68. The first-order chi connectivity index (χ1) is 9.51. The van der Waals surface area contributed by atoms with Crippen LogP contribution in [0.25, 0.3) is 11.1 Å². The Morgan fingerprint density at radius 2 is 1.60 bits per heavy atom. The molecule has 2 aromatic carbocycles. The van der Waals surface area contributed by atoms with Crippen LogP contribution in [0.15, 0.2) is 24.3 Å². The SMILES string of the molecule is C#Cc1cccc(-c2c(F)c(F)c(OC)c(F)c2F)c1. The van der Waals surface area contributed by atoms with E-state index in [9.17, 15) is 17.6 Å². The molecule has 1 nitrogen and oxygen atoms in total. The zero-order valence-electron chi connectivity index (χ0n) is 10.3. The average Bonchev–Trinajstić information content (AvgIpc) is 2.46. The van der Waals surface area contributed by atoms with Gasteiger partial charge in [0, 0.05) is 5.56 Å². The van der Waals surface area contributed by atoms with E-state index < -0.39 is 34.6 Å². The number of halogens is 4. The maximum absolute atomic E-state index is 13.9. The van der Waals surface area contributed by atoms with E-state index in [2.05, 4.69) is 10.7 Å². The maximum atomic E-state index is 13.9. The molecule has 0 spiro atoms. The summed E-state index contributed by atoms with van der Waals surface area (Å²) >= 11 is 0. The summed E-state index contributed by atoms with van der Waals surface area (Å²) in [5.74, 6) is -5.07. The molecule has 0 unspecified atom stereocenters. The Hall–Kier alpha value is -2.48. The Kier molecular flexibility index (Phi) is 3.66. The summed E-state index contributed by atoms with van der Waals surface area (Å²) in [6, 6.07) is 5.51. The van der Waals surface area contributed by atoms with Crippen LogP contribution >= 0.6 is 0 Å². The van der Waals surface area contributed by atoms with Crippen molar-refractivity contribution in [2.75, 3.05) is 7.11 Å². The fourth-order valence-corrected chi connectivity index (χ4v) is 1.81. The number of benzene rings is 2. The van der Waals surface area contributed by atoms with Gasteiger partial charge in [-0.1, -0.05) is 18.1 Å². The molecule has 0 amide bonds. The highest BCUT2D eigenvalue weighted by atomic mass is 19.2. The third-order valence-electron chi connectivity index (χ3n) is 2.75. The molecule has 2 rings (SSSR count). The molecule has 0 radical (unpaired) electrons. The van der Waals surface area contributed by atoms with Gasteiger partial charge in [0.2, 0.25) is 11.6 Å². The summed E-state index contributed by atoms with van der Waals surface area (Å²) in [6.45, 7) is 0. The number of hydrogen-bond acceptors (Lipinski definition) is 1. The fourth-order valence-electron chi connectivity index (χ4n) is 1.81. The smallest absolute Gasteiger partial charge is 0.204 e. The molecule has 0 aromatic heterocycles. The third kappa shape index (κ3) is 2.10. The Bertz CT molecular complexity index is 688. The largest absolute Gasteiger partial charge is 0.491 e. The minimum absolute atomic E-state index is 0.0593. The fraction of sp³-hybridized carbons (Fsp3) is 0.0667. The van der Waals surface area contributed by atoms with Crippen LogP contribution in [0.4, 0.5) is 17.6 Å². The minimum Gasteiger partial charge on any atom is -0.491 e. The Morgan fingerprint density at radius 1 is 1.00 bits per heavy atom. The van der Waals surface area contributed by atoms with Crippen LogP contribution < -0.4 is 4.74 Å². The van der Waals surface area contributed by atoms with E-state index in [0.29, 0.717) is 5.56 Å². The first kappa shape index (κ1) is 13.9. The lowest BCUT2D eigenvalue weighted by molar-refractivity contribution is 0.334. The second kappa shape index (κ2) is 5.25. The zero-order valence-corrected chi connectivity index (χ0v) is 10.3. The topological polar surface area (TPSA) is 9.23 Å². The first-order valence-corrected chi connectivity index (χ1v) is 5.48. The molecule has 102 valence electrons. The Balaban J connectivity index is 2.78.